The second-order valence-corrected chi connectivity index (χ2v) is 3.86. The van der Waals surface area contributed by atoms with Gasteiger partial charge in [-0.1, -0.05) is 12.1 Å². The van der Waals surface area contributed by atoms with E-state index in [0.717, 1.165) is 32.8 Å². The molecule has 6 nitrogen and oxygen atoms in total. The Kier molecular flexibility index (Phi) is 4.26. The van der Waals surface area contributed by atoms with Crippen molar-refractivity contribution in [3.8, 4) is 0 Å². The molecule has 1 saturated heterocycles. The fourth-order valence-electron chi connectivity index (χ4n) is 1.81. The van der Waals surface area contributed by atoms with Gasteiger partial charge in [0.05, 0.1) is 19.3 Å². The summed E-state index contributed by atoms with van der Waals surface area (Å²) >= 11 is 0. The Morgan fingerprint density at radius 3 is 3.31 bits per heavy atom. The zero-order chi connectivity index (χ0) is 11.2. The molecule has 1 aromatic heterocycles. The highest BCUT2D eigenvalue weighted by atomic mass is 16.5. The lowest BCUT2D eigenvalue weighted by Crippen LogP contribution is -2.46. The van der Waals surface area contributed by atoms with E-state index in [-0.39, 0.29) is 6.10 Å². The van der Waals surface area contributed by atoms with E-state index >= 15 is 0 Å². The van der Waals surface area contributed by atoms with Crippen LogP contribution in [0, 0.1) is 0 Å². The van der Waals surface area contributed by atoms with Crippen molar-refractivity contribution in [1.82, 2.24) is 20.4 Å². The van der Waals surface area contributed by atoms with E-state index in [9.17, 15) is 0 Å². The van der Waals surface area contributed by atoms with Gasteiger partial charge in [0.1, 0.15) is 0 Å². The highest BCUT2D eigenvalue weighted by Crippen LogP contribution is 2.03. The summed E-state index contributed by atoms with van der Waals surface area (Å²) in [5, 5.41) is 7.00. The van der Waals surface area contributed by atoms with E-state index in [1.54, 1.807) is 0 Å². The summed E-state index contributed by atoms with van der Waals surface area (Å²) in [5.41, 5.74) is 0. The number of aromatic nitrogens is 2. The largest absolute Gasteiger partial charge is 0.374 e. The summed E-state index contributed by atoms with van der Waals surface area (Å²) in [6, 6.07) is 0. The third kappa shape index (κ3) is 3.26. The Morgan fingerprint density at radius 1 is 1.62 bits per heavy atom. The maximum atomic E-state index is 5.66. The van der Waals surface area contributed by atoms with E-state index in [4.69, 9.17) is 4.74 Å². The van der Waals surface area contributed by atoms with Crippen molar-refractivity contribution in [2.75, 3.05) is 32.8 Å². The van der Waals surface area contributed by atoms with E-state index in [1.165, 1.54) is 6.39 Å². The van der Waals surface area contributed by atoms with Crippen molar-refractivity contribution in [3.05, 3.63) is 12.2 Å². The van der Waals surface area contributed by atoms with Gasteiger partial charge in [0.15, 0.2) is 5.82 Å². The minimum absolute atomic E-state index is 0.264. The summed E-state index contributed by atoms with van der Waals surface area (Å²) in [4.78, 5) is 6.33. The smallest absolute Gasteiger partial charge is 0.213 e. The Morgan fingerprint density at radius 2 is 2.56 bits per heavy atom. The molecule has 0 bridgehead atoms. The summed E-state index contributed by atoms with van der Waals surface area (Å²) < 4.78 is 10.3. The van der Waals surface area contributed by atoms with Crippen molar-refractivity contribution in [3.63, 3.8) is 0 Å². The molecule has 1 aliphatic heterocycles. The second-order valence-electron chi connectivity index (χ2n) is 3.86. The molecule has 2 rings (SSSR count). The van der Waals surface area contributed by atoms with Crippen molar-refractivity contribution in [2.24, 2.45) is 0 Å². The molecule has 0 aliphatic carbocycles. The third-order valence-corrected chi connectivity index (χ3v) is 2.73. The molecule has 0 aromatic carbocycles. The van der Waals surface area contributed by atoms with E-state index in [0.29, 0.717) is 12.4 Å². The fourth-order valence-corrected chi connectivity index (χ4v) is 1.81. The molecule has 0 radical (unpaired) electrons. The van der Waals surface area contributed by atoms with Crippen LogP contribution in [0.15, 0.2) is 10.9 Å². The number of ether oxygens (including phenoxy) is 1. The molecule has 6 heteroatoms. The number of morpholine rings is 1. The summed E-state index contributed by atoms with van der Waals surface area (Å²) in [7, 11) is 0. The van der Waals surface area contributed by atoms with E-state index in [2.05, 4.69) is 31.8 Å². The topological polar surface area (TPSA) is 63.4 Å². The van der Waals surface area contributed by atoms with E-state index < -0.39 is 0 Å². The van der Waals surface area contributed by atoms with Gasteiger partial charge in [0.25, 0.3) is 0 Å². The number of hydrogen-bond donors (Lipinski definition) is 1. The average molecular weight is 226 g/mol. The van der Waals surface area contributed by atoms with Gasteiger partial charge in [-0.2, -0.15) is 4.98 Å². The minimum atomic E-state index is 0.264. The van der Waals surface area contributed by atoms with Crippen molar-refractivity contribution < 1.29 is 9.26 Å². The number of hydrogen-bond acceptors (Lipinski definition) is 6. The van der Waals surface area contributed by atoms with Crippen LogP contribution < -0.4 is 5.32 Å². The van der Waals surface area contributed by atoms with Crippen LogP contribution in [0.1, 0.15) is 12.7 Å². The molecule has 1 unspecified atom stereocenters. The molecule has 1 aliphatic rings. The predicted molar refractivity (Wildman–Crippen MR) is 57.9 cm³/mol. The van der Waals surface area contributed by atoms with Crippen LogP contribution >= 0.6 is 0 Å². The quantitative estimate of drug-likeness (QED) is 0.755. The standard InChI is InChI=1S/C10H18N4O2/c1-2-14-3-4-15-9(7-14)5-11-6-10-12-8-16-13-10/h8-9,11H,2-7H2,1H3. The number of rotatable bonds is 5. The van der Waals surface area contributed by atoms with Gasteiger partial charge in [-0.05, 0) is 6.54 Å². The Hall–Kier alpha value is -0.980. The van der Waals surface area contributed by atoms with Crippen LogP contribution in [-0.4, -0.2) is 53.9 Å². The van der Waals surface area contributed by atoms with Gasteiger partial charge in [-0.3, -0.25) is 4.90 Å². The summed E-state index contributed by atoms with van der Waals surface area (Å²) in [5.74, 6) is 0.683. The van der Waals surface area contributed by atoms with Crippen LogP contribution in [-0.2, 0) is 11.3 Å². The molecule has 90 valence electrons. The normalized spacial score (nSPS) is 22.4. The number of nitrogens with one attached hydrogen (secondary N) is 1. The average Bonchev–Trinajstić information content (AvgIpc) is 2.82. The molecule has 1 N–H and O–H groups in total. The Bertz CT molecular complexity index is 291. The first kappa shape index (κ1) is 11.5. The van der Waals surface area contributed by atoms with Crippen LogP contribution in [0.5, 0.6) is 0 Å². The van der Waals surface area contributed by atoms with Crippen LogP contribution in [0.3, 0.4) is 0 Å². The molecule has 1 atom stereocenters. The predicted octanol–water partition coefficient (Wildman–Crippen LogP) is -0.120. The minimum Gasteiger partial charge on any atom is -0.374 e. The molecular weight excluding hydrogens is 208 g/mol. The van der Waals surface area contributed by atoms with Gasteiger partial charge < -0.3 is 14.6 Å². The summed E-state index contributed by atoms with van der Waals surface area (Å²) in [6.45, 7) is 7.57. The van der Waals surface area contributed by atoms with Gasteiger partial charge in [0, 0.05) is 19.6 Å². The molecule has 16 heavy (non-hydrogen) atoms. The summed E-state index contributed by atoms with van der Waals surface area (Å²) in [6.07, 6.45) is 1.60. The first-order valence-electron chi connectivity index (χ1n) is 5.68. The fraction of sp³-hybridized carbons (Fsp3) is 0.800. The van der Waals surface area contributed by atoms with Crippen LogP contribution in [0.2, 0.25) is 0 Å². The second kappa shape index (κ2) is 5.93. The van der Waals surface area contributed by atoms with Crippen LogP contribution in [0.4, 0.5) is 0 Å². The lowest BCUT2D eigenvalue weighted by Gasteiger charge is -2.32. The van der Waals surface area contributed by atoms with Gasteiger partial charge in [-0.25, -0.2) is 0 Å². The Balaban J connectivity index is 1.65. The lowest BCUT2D eigenvalue weighted by atomic mass is 10.2. The first-order chi connectivity index (χ1) is 7.88. The van der Waals surface area contributed by atoms with Crippen molar-refractivity contribution in [1.29, 1.82) is 0 Å². The van der Waals surface area contributed by atoms with Crippen molar-refractivity contribution >= 4 is 0 Å². The molecule has 1 fully saturated rings. The molecule has 1 aromatic rings. The number of nitrogens with zero attached hydrogens (tertiary/aromatic N) is 3. The van der Waals surface area contributed by atoms with E-state index in [1.807, 2.05) is 0 Å². The maximum Gasteiger partial charge on any atom is 0.213 e. The lowest BCUT2D eigenvalue weighted by molar-refractivity contribution is -0.0254. The third-order valence-electron chi connectivity index (χ3n) is 2.73. The highest BCUT2D eigenvalue weighted by molar-refractivity contribution is 4.78. The SMILES string of the molecule is CCN1CCOC(CNCc2ncon2)C1. The van der Waals surface area contributed by atoms with Gasteiger partial charge in [0.2, 0.25) is 6.39 Å². The maximum absolute atomic E-state index is 5.66. The van der Waals surface area contributed by atoms with Crippen molar-refractivity contribution in [2.45, 2.75) is 19.6 Å². The van der Waals surface area contributed by atoms with Crippen LogP contribution in [0.25, 0.3) is 0 Å². The molecule has 0 saturated carbocycles. The molecule has 2 heterocycles. The monoisotopic (exact) mass is 226 g/mol. The molecule has 0 spiro atoms. The first-order valence-corrected chi connectivity index (χ1v) is 5.68. The Labute approximate surface area is 95.0 Å². The zero-order valence-electron chi connectivity index (χ0n) is 9.56. The van der Waals surface area contributed by atoms with Gasteiger partial charge >= 0.3 is 0 Å². The molecule has 0 amide bonds. The molecular formula is C10H18N4O2. The van der Waals surface area contributed by atoms with Gasteiger partial charge in [-0.15, -0.1) is 0 Å². The zero-order valence-corrected chi connectivity index (χ0v) is 9.56. The highest BCUT2D eigenvalue weighted by Gasteiger charge is 2.18. The number of likely N-dealkylation sites (N-methyl/N-ethyl adjacent to an activating group) is 1.